The molecule has 1 heterocycles. The van der Waals surface area contributed by atoms with Gasteiger partial charge in [0.15, 0.2) is 11.6 Å². The molecule has 0 atom stereocenters. The zero-order valence-electron chi connectivity index (χ0n) is 13.9. The number of methoxy groups -OCH3 is 1. The van der Waals surface area contributed by atoms with E-state index in [1.165, 1.54) is 43.6 Å². The van der Waals surface area contributed by atoms with Crippen molar-refractivity contribution in [2.24, 2.45) is 5.14 Å². The van der Waals surface area contributed by atoms with Crippen LogP contribution in [0, 0.1) is 5.82 Å². The van der Waals surface area contributed by atoms with Crippen LogP contribution in [0.3, 0.4) is 0 Å². The number of benzene rings is 2. The summed E-state index contributed by atoms with van der Waals surface area (Å²) in [5.41, 5.74) is -0.0579. The van der Waals surface area contributed by atoms with Gasteiger partial charge in [-0.3, -0.25) is 0 Å². The van der Waals surface area contributed by atoms with Gasteiger partial charge < -0.3 is 4.74 Å². The lowest BCUT2D eigenvalue weighted by atomic mass is 10.0. The van der Waals surface area contributed by atoms with Crippen LogP contribution in [0.25, 0.3) is 16.8 Å². The molecule has 0 saturated heterocycles. The average molecular weight is 397 g/mol. The molecular weight excluding hydrogens is 383 g/mol. The van der Waals surface area contributed by atoms with Gasteiger partial charge in [0.05, 0.1) is 12.8 Å². The van der Waals surface area contributed by atoms with Gasteiger partial charge in [0.25, 0.3) is 6.43 Å². The topological polar surface area (TPSA) is 87.2 Å². The maximum Gasteiger partial charge on any atom is 0.282 e. The number of alkyl halides is 2. The average Bonchev–Trinajstić information content (AvgIpc) is 3.10. The highest BCUT2D eigenvalue weighted by atomic mass is 32.2. The van der Waals surface area contributed by atoms with Crippen molar-refractivity contribution in [3.63, 3.8) is 0 Å². The number of ether oxygens (including phenoxy) is 1. The van der Waals surface area contributed by atoms with Gasteiger partial charge in [-0.05, 0) is 29.8 Å². The first kappa shape index (κ1) is 18.9. The van der Waals surface area contributed by atoms with Crippen LogP contribution in [0.4, 0.5) is 13.2 Å². The van der Waals surface area contributed by atoms with Crippen molar-refractivity contribution in [3.8, 4) is 22.6 Å². The molecule has 0 unspecified atom stereocenters. The molecule has 1 aromatic heterocycles. The number of rotatable bonds is 5. The van der Waals surface area contributed by atoms with Crippen LogP contribution >= 0.6 is 0 Å². The third-order valence-corrected chi connectivity index (χ3v) is 4.77. The first-order valence-corrected chi connectivity index (χ1v) is 9.11. The highest BCUT2D eigenvalue weighted by molar-refractivity contribution is 7.89. The molecule has 0 fully saturated rings. The Kier molecular flexibility index (Phi) is 4.94. The molecule has 0 radical (unpaired) electrons. The normalized spacial score (nSPS) is 11.8. The summed E-state index contributed by atoms with van der Waals surface area (Å²) in [7, 11) is -2.91. The second-order valence-electron chi connectivity index (χ2n) is 5.53. The summed E-state index contributed by atoms with van der Waals surface area (Å²) in [5, 5.41) is 9.00. The van der Waals surface area contributed by atoms with Crippen LogP contribution < -0.4 is 9.88 Å². The van der Waals surface area contributed by atoms with Gasteiger partial charge in [0, 0.05) is 11.8 Å². The number of hydrogen-bond acceptors (Lipinski definition) is 4. The molecule has 0 spiro atoms. The SMILES string of the molecule is COc1ccc(-c2cccc(S(N)(=O)=O)c2-n2ccc(C(F)F)n2)cc1F. The van der Waals surface area contributed by atoms with Gasteiger partial charge in [0.2, 0.25) is 10.0 Å². The van der Waals surface area contributed by atoms with E-state index in [-0.39, 0.29) is 21.9 Å². The maximum atomic E-state index is 14.1. The number of sulfonamides is 1. The Morgan fingerprint density at radius 3 is 2.48 bits per heavy atom. The predicted molar refractivity (Wildman–Crippen MR) is 91.8 cm³/mol. The molecule has 6 nitrogen and oxygen atoms in total. The minimum Gasteiger partial charge on any atom is -0.494 e. The largest absolute Gasteiger partial charge is 0.494 e. The maximum absolute atomic E-state index is 14.1. The van der Waals surface area contributed by atoms with Crippen LogP contribution in [0.15, 0.2) is 53.6 Å². The fourth-order valence-corrected chi connectivity index (χ4v) is 3.38. The molecule has 27 heavy (non-hydrogen) atoms. The van der Waals surface area contributed by atoms with E-state index < -0.39 is 28.0 Å². The van der Waals surface area contributed by atoms with Crippen molar-refractivity contribution in [1.29, 1.82) is 0 Å². The Morgan fingerprint density at radius 1 is 1.19 bits per heavy atom. The fraction of sp³-hybridized carbons (Fsp3) is 0.118. The lowest BCUT2D eigenvalue weighted by molar-refractivity contribution is 0.145. The summed E-state index contributed by atoms with van der Waals surface area (Å²) in [5.74, 6) is -0.669. The molecule has 10 heteroatoms. The standard InChI is InChI=1S/C17H14F3N3O3S/c1-26-14-6-5-10(9-12(14)18)11-3-2-4-15(27(21,24)25)16(11)23-8-7-13(22-23)17(19)20/h2-9,17H,1H3,(H2,21,24,25). The van der Waals surface area contributed by atoms with E-state index in [0.717, 1.165) is 16.8 Å². The van der Waals surface area contributed by atoms with Gasteiger partial charge in [-0.1, -0.05) is 18.2 Å². The summed E-state index contributed by atoms with van der Waals surface area (Å²) in [4.78, 5) is -0.333. The van der Waals surface area contributed by atoms with E-state index in [4.69, 9.17) is 9.88 Å². The first-order valence-electron chi connectivity index (χ1n) is 7.56. The zero-order chi connectivity index (χ0) is 19.8. The number of primary sulfonamides is 1. The first-order chi connectivity index (χ1) is 12.7. The lowest BCUT2D eigenvalue weighted by Crippen LogP contribution is -2.16. The van der Waals surface area contributed by atoms with E-state index in [1.54, 1.807) is 0 Å². The Labute approximate surface area is 153 Å². The highest BCUT2D eigenvalue weighted by Gasteiger charge is 2.22. The summed E-state index contributed by atoms with van der Waals surface area (Å²) in [6.07, 6.45) is -1.65. The Balaban J connectivity index is 2.30. The summed E-state index contributed by atoms with van der Waals surface area (Å²) < 4.78 is 69.8. The summed E-state index contributed by atoms with van der Waals surface area (Å²) in [6, 6.07) is 9.22. The number of aromatic nitrogens is 2. The van der Waals surface area contributed by atoms with Gasteiger partial charge in [0.1, 0.15) is 10.6 Å². The molecule has 0 saturated carbocycles. The quantitative estimate of drug-likeness (QED) is 0.716. The van der Waals surface area contributed by atoms with Crippen LogP contribution in [0.1, 0.15) is 12.1 Å². The van der Waals surface area contributed by atoms with Crippen molar-refractivity contribution < 1.29 is 26.3 Å². The third kappa shape index (κ3) is 3.67. The molecule has 2 aromatic carbocycles. The van der Waals surface area contributed by atoms with Gasteiger partial charge in [-0.25, -0.2) is 31.4 Å². The van der Waals surface area contributed by atoms with E-state index in [9.17, 15) is 21.6 Å². The molecule has 0 bridgehead atoms. The van der Waals surface area contributed by atoms with Crippen LogP contribution in [0.5, 0.6) is 5.75 Å². The Hall–Kier alpha value is -2.85. The van der Waals surface area contributed by atoms with E-state index in [1.807, 2.05) is 0 Å². The summed E-state index contributed by atoms with van der Waals surface area (Å²) >= 11 is 0. The van der Waals surface area contributed by atoms with Gasteiger partial charge in [-0.15, -0.1) is 0 Å². The lowest BCUT2D eigenvalue weighted by Gasteiger charge is -2.15. The van der Waals surface area contributed by atoms with E-state index in [2.05, 4.69) is 5.10 Å². The van der Waals surface area contributed by atoms with E-state index >= 15 is 0 Å². The fourth-order valence-electron chi connectivity index (χ4n) is 2.63. The van der Waals surface area contributed by atoms with Crippen molar-refractivity contribution >= 4 is 10.0 Å². The van der Waals surface area contributed by atoms with Crippen molar-refractivity contribution in [2.75, 3.05) is 7.11 Å². The molecule has 142 valence electrons. The Bertz CT molecular complexity index is 1100. The molecule has 0 aliphatic heterocycles. The predicted octanol–water partition coefficient (Wildman–Crippen LogP) is 3.27. The molecule has 3 aromatic rings. The molecule has 2 N–H and O–H groups in total. The van der Waals surface area contributed by atoms with E-state index in [0.29, 0.717) is 5.56 Å². The van der Waals surface area contributed by atoms with Gasteiger partial charge in [-0.2, -0.15) is 5.10 Å². The minimum absolute atomic E-state index is 0.00183. The molecule has 0 aliphatic carbocycles. The highest BCUT2D eigenvalue weighted by Crippen LogP contribution is 2.34. The zero-order valence-corrected chi connectivity index (χ0v) is 14.8. The Morgan fingerprint density at radius 2 is 1.93 bits per heavy atom. The second-order valence-corrected chi connectivity index (χ2v) is 7.06. The number of hydrogen-bond donors (Lipinski definition) is 1. The van der Waals surface area contributed by atoms with Crippen LogP contribution in [0.2, 0.25) is 0 Å². The van der Waals surface area contributed by atoms with Gasteiger partial charge >= 0.3 is 0 Å². The van der Waals surface area contributed by atoms with Crippen molar-refractivity contribution in [3.05, 3.63) is 60.2 Å². The molecule has 0 amide bonds. The van der Waals surface area contributed by atoms with Crippen molar-refractivity contribution in [2.45, 2.75) is 11.3 Å². The number of nitrogens with two attached hydrogens (primary N) is 1. The monoisotopic (exact) mass is 397 g/mol. The number of halogens is 3. The molecular formula is C17H14F3N3O3S. The molecule has 3 rings (SSSR count). The summed E-state index contributed by atoms with van der Waals surface area (Å²) in [6.45, 7) is 0. The van der Waals surface area contributed by atoms with Crippen molar-refractivity contribution in [1.82, 2.24) is 9.78 Å². The van der Waals surface area contributed by atoms with Crippen LogP contribution in [-0.2, 0) is 10.0 Å². The minimum atomic E-state index is -4.21. The molecule has 0 aliphatic rings. The van der Waals surface area contributed by atoms with Crippen LogP contribution in [-0.4, -0.2) is 25.3 Å². The number of para-hydroxylation sites is 1. The smallest absolute Gasteiger partial charge is 0.282 e. The second kappa shape index (κ2) is 7.05. The number of nitrogens with zero attached hydrogens (tertiary/aromatic N) is 2. The third-order valence-electron chi connectivity index (χ3n) is 3.83.